The molecule has 0 heterocycles. The Morgan fingerprint density at radius 1 is 1.43 bits per heavy atom. The number of hydrogen-bond acceptors (Lipinski definition) is 3. The van der Waals surface area contributed by atoms with E-state index in [0.717, 1.165) is 19.4 Å². The Labute approximate surface area is 85.1 Å². The van der Waals surface area contributed by atoms with Gasteiger partial charge in [-0.05, 0) is 18.8 Å². The maximum Gasteiger partial charge on any atom is 0.216 e. The van der Waals surface area contributed by atoms with Gasteiger partial charge in [-0.2, -0.15) is 0 Å². The molecule has 0 aliphatic heterocycles. The molecule has 2 atom stereocenters. The van der Waals surface area contributed by atoms with Crippen LogP contribution in [0.2, 0.25) is 0 Å². The van der Waals surface area contributed by atoms with Crippen molar-refractivity contribution in [1.29, 1.82) is 0 Å². The maximum absolute atomic E-state index is 10.6. The lowest BCUT2D eigenvalue weighted by atomic mass is 10.1. The van der Waals surface area contributed by atoms with Crippen molar-refractivity contribution in [2.24, 2.45) is 5.92 Å². The number of aliphatic hydroxyl groups is 1. The van der Waals surface area contributed by atoms with Crippen molar-refractivity contribution in [1.82, 2.24) is 10.6 Å². The Morgan fingerprint density at radius 2 is 2.21 bits per heavy atom. The molecule has 0 aromatic heterocycles. The van der Waals surface area contributed by atoms with Gasteiger partial charge in [-0.1, -0.05) is 6.42 Å². The minimum Gasteiger partial charge on any atom is -0.396 e. The summed E-state index contributed by atoms with van der Waals surface area (Å²) in [5.41, 5.74) is 0. The van der Waals surface area contributed by atoms with Gasteiger partial charge in [0, 0.05) is 32.7 Å². The fraction of sp³-hybridized carbons (Fsp3) is 0.900. The SMILES string of the molecule is CC(=O)NCCNC1CCCC1CO. The van der Waals surface area contributed by atoms with Crippen LogP contribution in [0.1, 0.15) is 26.2 Å². The molecule has 0 aromatic carbocycles. The maximum atomic E-state index is 10.6. The summed E-state index contributed by atoms with van der Waals surface area (Å²) in [6.07, 6.45) is 3.46. The zero-order valence-electron chi connectivity index (χ0n) is 8.75. The van der Waals surface area contributed by atoms with Gasteiger partial charge in [-0.25, -0.2) is 0 Å². The van der Waals surface area contributed by atoms with Gasteiger partial charge in [0.1, 0.15) is 0 Å². The van der Waals surface area contributed by atoms with E-state index in [1.165, 1.54) is 13.3 Å². The Kier molecular flexibility index (Phi) is 4.90. The van der Waals surface area contributed by atoms with Crippen molar-refractivity contribution in [3.63, 3.8) is 0 Å². The molecule has 4 nitrogen and oxygen atoms in total. The van der Waals surface area contributed by atoms with Crippen LogP contribution in [0.3, 0.4) is 0 Å². The molecule has 1 amide bonds. The molecule has 14 heavy (non-hydrogen) atoms. The molecular weight excluding hydrogens is 180 g/mol. The highest BCUT2D eigenvalue weighted by Crippen LogP contribution is 2.24. The van der Waals surface area contributed by atoms with Crippen LogP contribution in [0.5, 0.6) is 0 Å². The quantitative estimate of drug-likeness (QED) is 0.542. The van der Waals surface area contributed by atoms with E-state index in [4.69, 9.17) is 5.11 Å². The lowest BCUT2D eigenvalue weighted by molar-refractivity contribution is -0.118. The van der Waals surface area contributed by atoms with Gasteiger partial charge < -0.3 is 15.7 Å². The highest BCUT2D eigenvalue weighted by atomic mass is 16.3. The summed E-state index contributed by atoms with van der Waals surface area (Å²) in [7, 11) is 0. The van der Waals surface area contributed by atoms with Gasteiger partial charge in [-0.3, -0.25) is 4.79 Å². The second-order valence-electron chi connectivity index (χ2n) is 3.92. The first-order valence-electron chi connectivity index (χ1n) is 5.32. The highest BCUT2D eigenvalue weighted by Gasteiger charge is 2.25. The zero-order valence-corrected chi connectivity index (χ0v) is 8.75. The van der Waals surface area contributed by atoms with E-state index >= 15 is 0 Å². The van der Waals surface area contributed by atoms with Gasteiger partial charge in [0.15, 0.2) is 0 Å². The molecule has 0 saturated heterocycles. The summed E-state index contributed by atoms with van der Waals surface area (Å²) in [6.45, 7) is 3.26. The van der Waals surface area contributed by atoms with E-state index in [0.29, 0.717) is 18.5 Å². The number of hydrogen-bond donors (Lipinski definition) is 3. The van der Waals surface area contributed by atoms with Crippen molar-refractivity contribution in [2.45, 2.75) is 32.2 Å². The van der Waals surface area contributed by atoms with Crippen molar-refractivity contribution in [3.05, 3.63) is 0 Å². The van der Waals surface area contributed by atoms with E-state index in [2.05, 4.69) is 10.6 Å². The highest BCUT2D eigenvalue weighted by molar-refractivity contribution is 5.72. The molecule has 1 saturated carbocycles. The van der Waals surface area contributed by atoms with E-state index in [-0.39, 0.29) is 12.5 Å². The molecule has 0 spiro atoms. The largest absolute Gasteiger partial charge is 0.396 e. The van der Waals surface area contributed by atoms with Gasteiger partial charge in [0.25, 0.3) is 0 Å². The molecular formula is C10H20N2O2. The summed E-state index contributed by atoms with van der Waals surface area (Å²) in [6, 6.07) is 0.439. The Morgan fingerprint density at radius 3 is 2.86 bits per heavy atom. The van der Waals surface area contributed by atoms with Crippen molar-refractivity contribution in [2.75, 3.05) is 19.7 Å². The zero-order chi connectivity index (χ0) is 10.4. The smallest absolute Gasteiger partial charge is 0.216 e. The third kappa shape index (κ3) is 3.64. The second kappa shape index (κ2) is 5.98. The number of carbonyl (C=O) groups excluding carboxylic acids is 1. The summed E-state index contributed by atoms with van der Waals surface area (Å²) in [4.78, 5) is 10.6. The van der Waals surface area contributed by atoms with Crippen LogP contribution < -0.4 is 10.6 Å². The molecule has 0 bridgehead atoms. The minimum absolute atomic E-state index is 0.0110. The topological polar surface area (TPSA) is 61.4 Å². The molecule has 4 heteroatoms. The molecule has 0 aromatic rings. The number of carbonyl (C=O) groups is 1. The first kappa shape index (κ1) is 11.5. The van der Waals surface area contributed by atoms with Crippen LogP contribution in [0.25, 0.3) is 0 Å². The first-order chi connectivity index (χ1) is 6.74. The second-order valence-corrected chi connectivity index (χ2v) is 3.92. The van der Waals surface area contributed by atoms with E-state index in [9.17, 15) is 4.79 Å². The summed E-state index contributed by atoms with van der Waals surface area (Å²) >= 11 is 0. The van der Waals surface area contributed by atoms with Crippen LogP contribution in [0.15, 0.2) is 0 Å². The minimum atomic E-state index is 0.0110. The predicted molar refractivity (Wildman–Crippen MR) is 54.9 cm³/mol. The normalized spacial score (nSPS) is 26.4. The Bertz CT molecular complexity index is 185. The van der Waals surface area contributed by atoms with Crippen molar-refractivity contribution in [3.8, 4) is 0 Å². The van der Waals surface area contributed by atoms with Crippen LogP contribution in [-0.2, 0) is 4.79 Å². The summed E-state index contributed by atoms with van der Waals surface area (Å²) in [5.74, 6) is 0.421. The monoisotopic (exact) mass is 200 g/mol. The molecule has 3 N–H and O–H groups in total. The third-order valence-corrected chi connectivity index (χ3v) is 2.80. The molecule has 2 unspecified atom stereocenters. The fourth-order valence-corrected chi connectivity index (χ4v) is 2.02. The molecule has 0 radical (unpaired) electrons. The van der Waals surface area contributed by atoms with Gasteiger partial charge in [-0.15, -0.1) is 0 Å². The van der Waals surface area contributed by atoms with E-state index in [1.807, 2.05) is 0 Å². The lowest BCUT2D eigenvalue weighted by Crippen LogP contribution is -2.39. The Balaban J connectivity index is 2.08. The third-order valence-electron chi connectivity index (χ3n) is 2.80. The van der Waals surface area contributed by atoms with Gasteiger partial charge >= 0.3 is 0 Å². The van der Waals surface area contributed by atoms with E-state index in [1.54, 1.807) is 0 Å². The van der Waals surface area contributed by atoms with Crippen molar-refractivity contribution >= 4 is 5.91 Å². The first-order valence-corrected chi connectivity index (χ1v) is 5.32. The van der Waals surface area contributed by atoms with Crippen LogP contribution in [0.4, 0.5) is 0 Å². The van der Waals surface area contributed by atoms with Crippen LogP contribution >= 0.6 is 0 Å². The average Bonchev–Trinajstić information content (AvgIpc) is 2.59. The summed E-state index contributed by atoms with van der Waals surface area (Å²) < 4.78 is 0. The molecule has 1 fully saturated rings. The fourth-order valence-electron chi connectivity index (χ4n) is 2.02. The van der Waals surface area contributed by atoms with Gasteiger partial charge in [0.2, 0.25) is 5.91 Å². The standard InChI is InChI=1S/C10H20N2O2/c1-8(14)11-5-6-12-10-4-2-3-9(10)7-13/h9-10,12-13H,2-7H2,1H3,(H,11,14). The predicted octanol–water partition coefficient (Wildman–Crippen LogP) is -0.127. The molecule has 1 aliphatic carbocycles. The Hall–Kier alpha value is -0.610. The number of nitrogens with one attached hydrogen (secondary N) is 2. The molecule has 82 valence electrons. The average molecular weight is 200 g/mol. The van der Waals surface area contributed by atoms with Crippen molar-refractivity contribution < 1.29 is 9.90 Å². The lowest BCUT2D eigenvalue weighted by Gasteiger charge is -2.18. The van der Waals surface area contributed by atoms with E-state index < -0.39 is 0 Å². The summed E-state index contributed by atoms with van der Waals surface area (Å²) in [5, 5.41) is 15.2. The van der Waals surface area contributed by atoms with Gasteiger partial charge in [0.05, 0.1) is 0 Å². The van der Waals surface area contributed by atoms with Crippen LogP contribution in [0, 0.1) is 5.92 Å². The molecule has 1 rings (SSSR count). The number of amides is 1. The van der Waals surface area contributed by atoms with Crippen LogP contribution in [-0.4, -0.2) is 36.8 Å². The molecule has 1 aliphatic rings. The number of rotatable bonds is 5. The number of aliphatic hydroxyl groups excluding tert-OH is 1.